The predicted octanol–water partition coefficient (Wildman–Crippen LogP) is 1.77. The molecule has 0 aliphatic rings. The van der Waals surface area contributed by atoms with Crippen molar-refractivity contribution in [1.29, 1.82) is 0 Å². The molecule has 0 saturated carbocycles. The number of ether oxygens (including phenoxy) is 3. The minimum atomic E-state index is -1.09. The zero-order valence-electron chi connectivity index (χ0n) is 11.6. The summed E-state index contributed by atoms with van der Waals surface area (Å²) in [4.78, 5) is 19.1. The third-order valence-corrected chi connectivity index (χ3v) is 2.75. The van der Waals surface area contributed by atoms with Crippen LogP contribution in [-0.4, -0.2) is 35.3 Å². The summed E-state index contributed by atoms with van der Waals surface area (Å²) in [6, 6.07) is 3.03. The van der Waals surface area contributed by atoms with Gasteiger partial charge in [-0.2, -0.15) is 0 Å². The number of pyridine rings is 2. The average Bonchev–Trinajstić information content (AvgIpc) is 2.52. The normalized spacial score (nSPS) is 10.0. The van der Waals surface area contributed by atoms with Crippen LogP contribution in [0.3, 0.4) is 0 Å². The van der Waals surface area contributed by atoms with Crippen LogP contribution in [0, 0.1) is 0 Å². The summed E-state index contributed by atoms with van der Waals surface area (Å²) in [5, 5.41) is 9.08. The van der Waals surface area contributed by atoms with Crippen LogP contribution in [-0.2, 0) is 6.61 Å². The smallest absolute Gasteiger partial charge is 0.339 e. The molecule has 2 aromatic heterocycles. The molecule has 7 heteroatoms. The lowest BCUT2D eigenvalue weighted by Crippen LogP contribution is -2.06. The van der Waals surface area contributed by atoms with E-state index in [1.54, 1.807) is 12.3 Å². The number of hydrogen-bond acceptors (Lipinski definition) is 6. The number of aromatic carboxylic acids is 1. The van der Waals surface area contributed by atoms with E-state index in [0.29, 0.717) is 17.2 Å². The number of carboxylic acid groups (broad SMARTS) is 1. The van der Waals surface area contributed by atoms with E-state index in [-0.39, 0.29) is 17.9 Å². The number of methoxy groups -OCH3 is 2. The van der Waals surface area contributed by atoms with Crippen molar-refractivity contribution in [2.75, 3.05) is 14.2 Å². The fourth-order valence-electron chi connectivity index (χ4n) is 1.77. The first-order valence-corrected chi connectivity index (χ1v) is 6.03. The Morgan fingerprint density at radius 3 is 2.67 bits per heavy atom. The molecule has 2 rings (SSSR count). The third-order valence-electron chi connectivity index (χ3n) is 2.75. The van der Waals surface area contributed by atoms with E-state index in [1.165, 1.54) is 32.7 Å². The van der Waals surface area contributed by atoms with Gasteiger partial charge >= 0.3 is 5.97 Å². The number of nitrogens with zero attached hydrogens (tertiary/aromatic N) is 2. The molecule has 110 valence electrons. The van der Waals surface area contributed by atoms with Gasteiger partial charge in [-0.15, -0.1) is 0 Å². The number of rotatable bonds is 6. The van der Waals surface area contributed by atoms with Gasteiger partial charge in [-0.05, 0) is 6.07 Å². The van der Waals surface area contributed by atoms with Gasteiger partial charge in [0.05, 0.1) is 20.4 Å². The molecule has 0 aliphatic heterocycles. The van der Waals surface area contributed by atoms with E-state index in [2.05, 4.69) is 9.97 Å². The van der Waals surface area contributed by atoms with Gasteiger partial charge in [0, 0.05) is 18.5 Å². The van der Waals surface area contributed by atoms with Crippen LogP contribution >= 0.6 is 0 Å². The Balaban J connectivity index is 2.23. The topological polar surface area (TPSA) is 90.8 Å². The summed E-state index contributed by atoms with van der Waals surface area (Å²) in [6.45, 7) is 0.0341. The first-order chi connectivity index (χ1) is 10.2. The van der Waals surface area contributed by atoms with Crippen LogP contribution < -0.4 is 14.2 Å². The van der Waals surface area contributed by atoms with Crippen molar-refractivity contribution < 1.29 is 24.1 Å². The molecule has 0 aliphatic carbocycles. The molecule has 7 nitrogen and oxygen atoms in total. The third kappa shape index (κ3) is 3.19. The van der Waals surface area contributed by atoms with Crippen molar-refractivity contribution in [2.24, 2.45) is 0 Å². The highest BCUT2D eigenvalue weighted by Crippen LogP contribution is 2.30. The SMILES string of the molecule is COc1ccnc(COc2cnccc2C(=O)O)c1OC. The van der Waals surface area contributed by atoms with Gasteiger partial charge in [0.25, 0.3) is 0 Å². The summed E-state index contributed by atoms with van der Waals surface area (Å²) < 4.78 is 15.9. The van der Waals surface area contributed by atoms with E-state index >= 15 is 0 Å². The molecule has 1 N–H and O–H groups in total. The quantitative estimate of drug-likeness (QED) is 0.866. The lowest BCUT2D eigenvalue weighted by molar-refractivity contribution is 0.0691. The minimum Gasteiger partial charge on any atom is -0.493 e. The molecule has 0 unspecified atom stereocenters. The predicted molar refractivity (Wildman–Crippen MR) is 72.9 cm³/mol. The van der Waals surface area contributed by atoms with Gasteiger partial charge in [-0.1, -0.05) is 0 Å². The molecule has 2 heterocycles. The van der Waals surface area contributed by atoms with Crippen molar-refractivity contribution in [2.45, 2.75) is 6.61 Å². The number of aromatic nitrogens is 2. The highest BCUT2D eigenvalue weighted by atomic mass is 16.5. The van der Waals surface area contributed by atoms with Gasteiger partial charge in [0.2, 0.25) is 0 Å². The molecule has 0 saturated heterocycles. The second kappa shape index (κ2) is 6.56. The lowest BCUT2D eigenvalue weighted by Gasteiger charge is -2.13. The van der Waals surface area contributed by atoms with Crippen LogP contribution in [0.25, 0.3) is 0 Å². The number of carbonyl (C=O) groups is 1. The van der Waals surface area contributed by atoms with E-state index < -0.39 is 5.97 Å². The highest BCUT2D eigenvalue weighted by Gasteiger charge is 2.15. The standard InChI is InChI=1S/C14H14N2O5/c1-19-11-4-6-16-10(13(11)20-2)8-21-12-7-15-5-3-9(12)14(17)18/h3-7H,8H2,1-2H3,(H,17,18). The molecular formula is C14H14N2O5. The van der Waals surface area contributed by atoms with Crippen LogP contribution in [0.15, 0.2) is 30.7 Å². The van der Waals surface area contributed by atoms with Crippen molar-refractivity contribution in [3.8, 4) is 17.2 Å². The lowest BCUT2D eigenvalue weighted by atomic mass is 10.2. The maximum absolute atomic E-state index is 11.1. The second-order valence-electron chi connectivity index (χ2n) is 3.96. The Morgan fingerprint density at radius 2 is 2.00 bits per heavy atom. The first kappa shape index (κ1) is 14.6. The fourth-order valence-corrected chi connectivity index (χ4v) is 1.77. The molecule has 21 heavy (non-hydrogen) atoms. The highest BCUT2D eigenvalue weighted by molar-refractivity contribution is 5.90. The van der Waals surface area contributed by atoms with Gasteiger partial charge in [-0.3, -0.25) is 9.97 Å². The first-order valence-electron chi connectivity index (χ1n) is 6.03. The zero-order chi connectivity index (χ0) is 15.2. The monoisotopic (exact) mass is 290 g/mol. The second-order valence-corrected chi connectivity index (χ2v) is 3.96. The van der Waals surface area contributed by atoms with Crippen LogP contribution in [0.5, 0.6) is 17.2 Å². The van der Waals surface area contributed by atoms with Crippen molar-refractivity contribution in [1.82, 2.24) is 9.97 Å². The summed E-state index contributed by atoms with van der Waals surface area (Å²) in [7, 11) is 3.02. The summed E-state index contributed by atoms with van der Waals surface area (Å²) in [5.74, 6) is 0.0474. The molecule has 0 bridgehead atoms. The molecule has 0 aromatic carbocycles. The molecule has 0 amide bonds. The van der Waals surface area contributed by atoms with E-state index in [9.17, 15) is 4.79 Å². The van der Waals surface area contributed by atoms with Gasteiger partial charge in [0.15, 0.2) is 17.2 Å². The van der Waals surface area contributed by atoms with Crippen LogP contribution in [0.1, 0.15) is 16.1 Å². The zero-order valence-corrected chi connectivity index (χ0v) is 11.6. The number of hydrogen-bond donors (Lipinski definition) is 1. The maximum Gasteiger partial charge on any atom is 0.339 e. The average molecular weight is 290 g/mol. The van der Waals surface area contributed by atoms with Crippen molar-refractivity contribution in [3.63, 3.8) is 0 Å². The fraction of sp³-hybridized carbons (Fsp3) is 0.214. The summed E-state index contributed by atoms with van der Waals surface area (Å²) in [6.07, 6.45) is 4.29. The molecule has 0 spiro atoms. The maximum atomic E-state index is 11.1. The number of carboxylic acids is 1. The Kier molecular flexibility index (Phi) is 4.55. The van der Waals surface area contributed by atoms with Gasteiger partial charge in [0.1, 0.15) is 17.9 Å². The van der Waals surface area contributed by atoms with E-state index in [4.69, 9.17) is 19.3 Å². The van der Waals surface area contributed by atoms with Gasteiger partial charge in [-0.25, -0.2) is 4.79 Å². The van der Waals surface area contributed by atoms with Gasteiger partial charge < -0.3 is 19.3 Å². The van der Waals surface area contributed by atoms with Crippen LogP contribution in [0.4, 0.5) is 0 Å². The largest absolute Gasteiger partial charge is 0.493 e. The minimum absolute atomic E-state index is 0.0341. The Bertz CT molecular complexity index is 645. The van der Waals surface area contributed by atoms with E-state index in [1.807, 2.05) is 0 Å². The van der Waals surface area contributed by atoms with Crippen molar-refractivity contribution in [3.05, 3.63) is 42.0 Å². The van der Waals surface area contributed by atoms with Crippen molar-refractivity contribution >= 4 is 5.97 Å². The van der Waals surface area contributed by atoms with Crippen LogP contribution in [0.2, 0.25) is 0 Å². The Morgan fingerprint density at radius 1 is 1.19 bits per heavy atom. The molecule has 0 atom stereocenters. The summed E-state index contributed by atoms with van der Waals surface area (Å²) in [5.41, 5.74) is 0.531. The van der Waals surface area contributed by atoms with E-state index in [0.717, 1.165) is 0 Å². The molecule has 2 aromatic rings. The molecular weight excluding hydrogens is 276 g/mol. The summed E-state index contributed by atoms with van der Waals surface area (Å²) >= 11 is 0. The molecule has 0 fully saturated rings. The Labute approximate surface area is 121 Å². The Hall–Kier alpha value is -2.83. The molecule has 0 radical (unpaired) electrons.